The lowest BCUT2D eigenvalue weighted by Gasteiger charge is -2.46. The predicted molar refractivity (Wildman–Crippen MR) is 587 cm³/mol. The molecule has 0 aliphatic carbocycles. The molecule has 20 aromatic rings. The second kappa shape index (κ2) is 31.7. The van der Waals surface area contributed by atoms with Gasteiger partial charge in [-0.2, -0.15) is 0 Å². The Balaban J connectivity index is 0.962. The molecule has 136 heavy (non-hydrogen) atoms. The Morgan fingerprint density at radius 1 is 0.184 bits per heavy atom. The number of fused-ring (bicyclic) bond motifs is 13. The van der Waals surface area contributed by atoms with Gasteiger partial charge in [0.25, 0.3) is 6.71 Å². The lowest BCUT2D eigenvalue weighted by Crippen LogP contribution is -2.61. The average molecular weight is 1770 g/mol. The summed E-state index contributed by atoms with van der Waals surface area (Å²) in [5.74, 6) is 0. The van der Waals surface area contributed by atoms with Crippen LogP contribution in [-0.2, 0) is 37.9 Å². The van der Waals surface area contributed by atoms with Gasteiger partial charge in [0.15, 0.2) is 0 Å². The minimum atomic E-state index is -0.366. The zero-order valence-corrected chi connectivity index (χ0v) is 82.9. The molecule has 5 nitrogen and oxygen atoms in total. The summed E-state index contributed by atoms with van der Waals surface area (Å²) in [5.41, 5.74) is 42.0. The van der Waals surface area contributed by atoms with Crippen molar-refractivity contribution in [3.63, 3.8) is 0 Å². The molecule has 0 radical (unpaired) electrons. The van der Waals surface area contributed by atoms with Gasteiger partial charge in [-0.05, 0) is 272 Å². The molecule has 0 bridgehead atoms. The molecule has 5 heterocycles. The Morgan fingerprint density at radius 2 is 0.485 bits per heavy atom. The number of anilines is 6. The maximum Gasteiger partial charge on any atom is 0.252 e. The van der Waals surface area contributed by atoms with E-state index in [1.54, 1.807) is 0 Å². The second-order valence-corrected chi connectivity index (χ2v) is 45.9. The molecule has 0 atom stereocenters. The highest BCUT2D eigenvalue weighted by molar-refractivity contribution is 7.00. The van der Waals surface area contributed by atoms with Crippen LogP contribution in [-0.4, -0.2) is 20.4 Å². The number of para-hydroxylation sites is 2. The van der Waals surface area contributed by atoms with Crippen molar-refractivity contribution in [2.45, 2.75) is 183 Å². The van der Waals surface area contributed by atoms with Crippen LogP contribution in [0.2, 0.25) is 0 Å². The highest BCUT2D eigenvalue weighted by Crippen LogP contribution is 2.58. The molecule has 3 aromatic heterocycles. The fraction of sp³-hybridized carbons (Fsp3) is 0.215. The average Bonchev–Trinajstić information content (AvgIpc) is 0.959. The largest absolute Gasteiger partial charge is 0.310 e. The molecule has 2 aliphatic rings. The summed E-state index contributed by atoms with van der Waals surface area (Å²) in [5, 5.41) is 7.34. The third kappa shape index (κ3) is 14.7. The van der Waals surface area contributed by atoms with Crippen molar-refractivity contribution in [2.75, 3.05) is 9.80 Å². The van der Waals surface area contributed by atoms with E-state index >= 15 is 0 Å². The number of nitrogens with zero attached hydrogens (tertiary/aromatic N) is 5. The Labute approximate surface area is 804 Å². The van der Waals surface area contributed by atoms with E-state index in [-0.39, 0.29) is 44.6 Å². The first-order valence-corrected chi connectivity index (χ1v) is 49.0. The lowest BCUT2D eigenvalue weighted by molar-refractivity contribution is 0.590. The monoisotopic (exact) mass is 1760 g/mol. The van der Waals surface area contributed by atoms with Gasteiger partial charge < -0.3 is 23.5 Å². The van der Waals surface area contributed by atoms with Gasteiger partial charge in [-0.25, -0.2) is 0 Å². The maximum absolute atomic E-state index is 2.79. The van der Waals surface area contributed by atoms with E-state index in [9.17, 15) is 0 Å². The fourth-order valence-electron chi connectivity index (χ4n) is 21.8. The summed E-state index contributed by atoms with van der Waals surface area (Å²) in [6.07, 6.45) is 0. The molecule has 0 saturated carbocycles. The van der Waals surface area contributed by atoms with Crippen LogP contribution in [0.15, 0.2) is 358 Å². The number of hydrogen-bond acceptors (Lipinski definition) is 2. The highest BCUT2D eigenvalue weighted by Gasteiger charge is 2.47. The molecule has 0 saturated heterocycles. The molecule has 0 N–H and O–H groups in total. The molecule has 22 rings (SSSR count). The Bertz CT molecular complexity index is 7560. The van der Waals surface area contributed by atoms with E-state index in [0.29, 0.717) is 0 Å². The van der Waals surface area contributed by atoms with Gasteiger partial charge in [0.05, 0.1) is 44.5 Å². The van der Waals surface area contributed by atoms with Crippen molar-refractivity contribution in [3.8, 4) is 83.8 Å². The van der Waals surface area contributed by atoms with Gasteiger partial charge in [0.2, 0.25) is 0 Å². The zero-order chi connectivity index (χ0) is 94.5. The van der Waals surface area contributed by atoms with E-state index < -0.39 is 0 Å². The molecule has 0 fully saturated rings. The summed E-state index contributed by atoms with van der Waals surface area (Å²) in [6, 6.07) is 140. The Kier molecular flexibility index (Phi) is 20.3. The third-order valence-electron chi connectivity index (χ3n) is 29.5. The first-order chi connectivity index (χ1) is 64.9. The molecule has 670 valence electrons. The summed E-state index contributed by atoms with van der Waals surface area (Å²) in [4.78, 5) is 5.58. The maximum atomic E-state index is 2.79. The van der Waals surface area contributed by atoms with Gasteiger partial charge in [-0.1, -0.05) is 364 Å². The van der Waals surface area contributed by atoms with Gasteiger partial charge in [0.1, 0.15) is 0 Å². The van der Waals surface area contributed by atoms with Crippen molar-refractivity contribution in [1.29, 1.82) is 0 Å². The first-order valence-electron chi connectivity index (χ1n) is 49.0. The highest BCUT2D eigenvalue weighted by atomic mass is 15.2. The number of aromatic nitrogens is 3. The smallest absolute Gasteiger partial charge is 0.252 e. The van der Waals surface area contributed by atoms with Crippen molar-refractivity contribution in [3.05, 3.63) is 397 Å². The van der Waals surface area contributed by atoms with Crippen LogP contribution in [0, 0.1) is 0 Å². The standard InChI is InChI=1S/C130H122BN5/c1-124(2,3)88-53-51-85(52-54-88)99-67-86(68-108-98-49-37-38-50-111(98)134(123(99)108)95-47-35-26-36-48-95)87-69-118-120-119(70-87)136(122-102(83-43-31-24-32-44-83)77-94(130(19,20)21)78-103(122)84-45-33-25-34-46-84)117-80-97(133-114-65-57-91(127(10,11)12)73-106(114)107-74-92(128(13,14)15)58-66-115(107)133)60-62-110(117)131(120)109-61-59-96(132-112-63-55-89(125(4,5)6)71-104(112)105-72-90(126(7,8)9)56-64-113(105)132)79-116(109)135(118)121-100(81-39-27-22-28-40-81)75-93(129(16,17)18)76-101(121)82-41-29-23-30-42-82/h22-80H,1-21H3. The number of benzene rings is 17. The van der Waals surface area contributed by atoms with E-state index in [4.69, 9.17) is 0 Å². The van der Waals surface area contributed by atoms with Crippen LogP contribution in [0.3, 0.4) is 0 Å². The van der Waals surface area contributed by atoms with Crippen molar-refractivity contribution in [1.82, 2.24) is 13.7 Å². The lowest BCUT2D eigenvalue weighted by atomic mass is 9.33. The second-order valence-electron chi connectivity index (χ2n) is 45.9. The molecule has 6 heteroatoms. The zero-order valence-electron chi connectivity index (χ0n) is 82.9. The van der Waals surface area contributed by atoms with Crippen LogP contribution in [0.25, 0.3) is 149 Å². The quantitative estimate of drug-likeness (QED) is 0.120. The van der Waals surface area contributed by atoms with Gasteiger partial charge in [-0.15, -0.1) is 0 Å². The van der Waals surface area contributed by atoms with E-state index in [1.165, 1.54) is 110 Å². The third-order valence-corrected chi connectivity index (χ3v) is 29.5. The van der Waals surface area contributed by atoms with E-state index in [2.05, 4.69) is 527 Å². The van der Waals surface area contributed by atoms with Gasteiger partial charge in [-0.3, -0.25) is 0 Å². The SMILES string of the molecule is CC(C)(C)c1ccc(-c2cc(-c3cc4c5c(c3)N(c3c(-c6ccccc6)cc(C(C)(C)C)cc3-c3ccccc3)c3cc(-n6c7ccc(C(C)(C)C)cc7c7cc(C(C)(C)C)ccc76)ccc3B5c3ccc(-n5c6ccc(C(C)(C)C)cc6c6cc(C(C)(C)C)ccc65)cc3N4c3c(-c4ccccc4)cc(C(C)(C)C)cc3-c3ccccc3)cc3c4ccccc4n(-c4ccccc4)c23)cc1. The summed E-state index contributed by atoms with van der Waals surface area (Å²) in [7, 11) is 0. The molecule has 0 spiro atoms. The van der Waals surface area contributed by atoms with Crippen LogP contribution >= 0.6 is 0 Å². The Hall–Kier alpha value is -14.2. The normalized spacial score (nSPS) is 13.3. The molecule has 0 amide bonds. The van der Waals surface area contributed by atoms with Crippen LogP contribution < -0.4 is 26.2 Å². The molecular formula is C130H122BN5. The summed E-state index contributed by atoms with van der Waals surface area (Å²) in [6.45, 7) is 49.1. The fourth-order valence-corrected chi connectivity index (χ4v) is 21.8. The van der Waals surface area contributed by atoms with Gasteiger partial charge >= 0.3 is 0 Å². The van der Waals surface area contributed by atoms with Gasteiger partial charge in [0, 0.05) is 99.9 Å². The van der Waals surface area contributed by atoms with Crippen LogP contribution in [0.1, 0.15) is 184 Å². The van der Waals surface area contributed by atoms with E-state index in [1.807, 2.05) is 0 Å². The minimum Gasteiger partial charge on any atom is -0.310 e. The topological polar surface area (TPSA) is 21.3 Å². The van der Waals surface area contributed by atoms with Crippen molar-refractivity contribution in [2.24, 2.45) is 0 Å². The summed E-state index contributed by atoms with van der Waals surface area (Å²) < 4.78 is 7.71. The van der Waals surface area contributed by atoms with Crippen LogP contribution in [0.5, 0.6) is 0 Å². The Morgan fingerprint density at radius 3 is 0.831 bits per heavy atom. The predicted octanol–water partition coefficient (Wildman–Crippen LogP) is 34.1. The van der Waals surface area contributed by atoms with Crippen molar-refractivity contribution >= 4 is 123 Å². The first kappa shape index (κ1) is 87.2. The molecule has 17 aromatic carbocycles. The van der Waals surface area contributed by atoms with E-state index in [0.717, 1.165) is 129 Å². The van der Waals surface area contributed by atoms with Crippen molar-refractivity contribution < 1.29 is 0 Å². The minimum absolute atomic E-state index is 0.0827. The number of rotatable bonds is 11. The molecular weight excluding hydrogens is 1640 g/mol. The number of hydrogen-bond donors (Lipinski definition) is 0. The molecule has 2 aliphatic heterocycles. The summed E-state index contributed by atoms with van der Waals surface area (Å²) >= 11 is 0. The molecule has 0 unspecified atom stereocenters. The van der Waals surface area contributed by atoms with Crippen LogP contribution in [0.4, 0.5) is 34.1 Å².